The van der Waals surface area contributed by atoms with E-state index >= 15 is 0 Å². The number of benzene rings is 2. The summed E-state index contributed by atoms with van der Waals surface area (Å²) in [5.74, 6) is -1.98. The quantitative estimate of drug-likeness (QED) is 0.345. The van der Waals surface area contributed by atoms with Gasteiger partial charge in [0.05, 0.1) is 21.8 Å². The van der Waals surface area contributed by atoms with Crippen LogP contribution in [0.3, 0.4) is 0 Å². The molecule has 1 unspecified atom stereocenters. The Labute approximate surface area is 185 Å². The van der Waals surface area contributed by atoms with Gasteiger partial charge in [0.25, 0.3) is 5.91 Å². The highest BCUT2D eigenvalue weighted by atomic mass is 32.1. The lowest BCUT2D eigenvalue weighted by molar-refractivity contribution is -0.117. The lowest BCUT2D eigenvalue weighted by atomic mass is 9.95. The largest absolute Gasteiger partial charge is 0.503 e. The van der Waals surface area contributed by atoms with Crippen LogP contribution in [0, 0.1) is 12.7 Å². The fourth-order valence-corrected chi connectivity index (χ4v) is 4.72. The molecule has 7 nitrogen and oxygen atoms in total. The van der Waals surface area contributed by atoms with E-state index in [9.17, 15) is 19.1 Å². The number of carbonyl (C=O) groups is 2. The molecule has 0 fully saturated rings. The number of carbonyl (C=O) groups excluding carboxylic acids is 2. The van der Waals surface area contributed by atoms with Crippen LogP contribution in [0.25, 0.3) is 10.2 Å². The number of amides is 1. The smallest absolute Gasteiger partial charge is 0.296 e. The zero-order valence-corrected chi connectivity index (χ0v) is 17.5. The molecule has 32 heavy (non-hydrogen) atoms. The fraction of sp³-hybridized carbons (Fsp3) is 0.0870. The van der Waals surface area contributed by atoms with E-state index in [1.807, 2.05) is 0 Å². The summed E-state index contributed by atoms with van der Waals surface area (Å²) in [6.07, 6.45) is 0. The number of nitrogen functional groups attached to an aromatic ring is 1. The number of furan rings is 1. The van der Waals surface area contributed by atoms with Gasteiger partial charge in [-0.15, -0.1) is 0 Å². The number of thiazole rings is 1. The van der Waals surface area contributed by atoms with Crippen molar-refractivity contribution in [3.05, 3.63) is 88.8 Å². The van der Waals surface area contributed by atoms with Crippen LogP contribution in [-0.2, 0) is 4.79 Å². The molecule has 0 radical (unpaired) electrons. The number of aliphatic hydroxyl groups excluding tert-OH is 1. The monoisotopic (exact) mass is 449 g/mol. The van der Waals surface area contributed by atoms with Gasteiger partial charge in [-0.1, -0.05) is 23.5 Å². The van der Waals surface area contributed by atoms with Gasteiger partial charge in [0.2, 0.25) is 5.78 Å². The van der Waals surface area contributed by atoms with Crippen LogP contribution in [0.2, 0.25) is 0 Å². The summed E-state index contributed by atoms with van der Waals surface area (Å²) >= 11 is 1.09. The molecule has 1 aliphatic rings. The van der Waals surface area contributed by atoms with Crippen molar-refractivity contribution < 1.29 is 23.5 Å². The van der Waals surface area contributed by atoms with Gasteiger partial charge in [-0.05, 0) is 55.0 Å². The van der Waals surface area contributed by atoms with Crippen LogP contribution >= 0.6 is 11.3 Å². The summed E-state index contributed by atoms with van der Waals surface area (Å²) < 4.78 is 19.7. The summed E-state index contributed by atoms with van der Waals surface area (Å²) in [4.78, 5) is 32.1. The van der Waals surface area contributed by atoms with Gasteiger partial charge in [-0.2, -0.15) is 0 Å². The van der Waals surface area contributed by atoms with Crippen LogP contribution in [0.4, 0.5) is 15.2 Å². The molecule has 2 aromatic heterocycles. The molecule has 0 saturated carbocycles. The first-order chi connectivity index (χ1) is 15.3. The molecule has 3 N–H and O–H groups in total. The predicted octanol–water partition coefficient (Wildman–Crippen LogP) is 4.70. The van der Waals surface area contributed by atoms with Gasteiger partial charge in [-0.25, -0.2) is 9.37 Å². The highest BCUT2D eigenvalue weighted by molar-refractivity contribution is 7.22. The Morgan fingerprint density at radius 1 is 1.19 bits per heavy atom. The molecule has 9 heteroatoms. The summed E-state index contributed by atoms with van der Waals surface area (Å²) in [6.45, 7) is 1.69. The van der Waals surface area contributed by atoms with E-state index in [1.165, 1.54) is 29.2 Å². The lowest BCUT2D eigenvalue weighted by Crippen LogP contribution is -2.30. The maximum atomic E-state index is 13.7. The Kier molecular flexibility index (Phi) is 4.56. The lowest BCUT2D eigenvalue weighted by Gasteiger charge is -2.24. The Morgan fingerprint density at radius 2 is 1.94 bits per heavy atom. The number of fused-ring (bicyclic) bond motifs is 1. The molecule has 1 aliphatic heterocycles. The number of nitrogens with two attached hydrogens (primary N) is 1. The van der Waals surface area contributed by atoms with Crippen LogP contribution in [0.1, 0.15) is 27.9 Å². The van der Waals surface area contributed by atoms with Crippen LogP contribution in [-0.4, -0.2) is 21.8 Å². The molecule has 5 rings (SSSR count). The third-order valence-corrected chi connectivity index (χ3v) is 6.23. The Balaban J connectivity index is 1.68. The predicted molar refractivity (Wildman–Crippen MR) is 118 cm³/mol. The van der Waals surface area contributed by atoms with Crippen molar-refractivity contribution in [2.45, 2.75) is 13.0 Å². The van der Waals surface area contributed by atoms with E-state index < -0.39 is 29.3 Å². The van der Waals surface area contributed by atoms with Crippen LogP contribution < -0.4 is 10.6 Å². The van der Waals surface area contributed by atoms with E-state index in [-0.39, 0.29) is 16.5 Å². The van der Waals surface area contributed by atoms with Crippen molar-refractivity contribution in [3.63, 3.8) is 0 Å². The number of halogens is 1. The second kappa shape index (κ2) is 7.31. The summed E-state index contributed by atoms with van der Waals surface area (Å²) in [5, 5.41) is 11.0. The molecule has 160 valence electrons. The van der Waals surface area contributed by atoms with Crippen LogP contribution in [0.5, 0.6) is 0 Å². The van der Waals surface area contributed by atoms with Gasteiger partial charge in [0, 0.05) is 5.69 Å². The van der Waals surface area contributed by atoms with E-state index in [4.69, 9.17) is 10.2 Å². The highest BCUT2D eigenvalue weighted by Gasteiger charge is 2.46. The number of rotatable bonds is 4. The Hall–Kier alpha value is -3.98. The molecule has 0 aliphatic carbocycles. The van der Waals surface area contributed by atoms with Crippen molar-refractivity contribution >= 4 is 44.1 Å². The normalized spacial score (nSPS) is 16.4. The molecule has 0 spiro atoms. The molecule has 3 heterocycles. The van der Waals surface area contributed by atoms with Crippen molar-refractivity contribution in [3.8, 4) is 0 Å². The van der Waals surface area contributed by atoms with Gasteiger partial charge >= 0.3 is 0 Å². The van der Waals surface area contributed by atoms with Crippen molar-refractivity contribution in [2.24, 2.45) is 0 Å². The Morgan fingerprint density at radius 3 is 2.62 bits per heavy atom. The maximum absolute atomic E-state index is 13.7. The van der Waals surface area contributed by atoms with Gasteiger partial charge in [-0.3, -0.25) is 14.5 Å². The number of hydrogen-bond acceptors (Lipinski definition) is 7. The number of nitrogens with zero attached hydrogens (tertiary/aromatic N) is 2. The number of anilines is 2. The fourth-order valence-electron chi connectivity index (χ4n) is 3.71. The Bertz CT molecular complexity index is 1420. The number of hydrogen-bond donors (Lipinski definition) is 2. The number of aromatic nitrogens is 1. The van der Waals surface area contributed by atoms with E-state index in [2.05, 4.69) is 4.98 Å². The van der Waals surface area contributed by atoms with Crippen molar-refractivity contribution in [1.82, 2.24) is 4.98 Å². The molecular formula is C23H16FN3O4S. The first-order valence-corrected chi connectivity index (χ1v) is 10.4. The number of Topliss-reactive ketones (excluding diaryl/α,β-unsaturated/α-hetero) is 1. The molecule has 2 aromatic carbocycles. The minimum atomic E-state index is -0.966. The van der Waals surface area contributed by atoms with Gasteiger partial charge < -0.3 is 15.3 Å². The molecule has 4 aromatic rings. The third kappa shape index (κ3) is 3.14. The third-order valence-electron chi connectivity index (χ3n) is 5.21. The van der Waals surface area contributed by atoms with Gasteiger partial charge in [0.15, 0.2) is 16.7 Å². The van der Waals surface area contributed by atoms with Crippen LogP contribution in [0.15, 0.2) is 70.3 Å². The maximum Gasteiger partial charge on any atom is 0.296 e. The highest BCUT2D eigenvalue weighted by Crippen LogP contribution is 2.44. The molecule has 1 atom stereocenters. The summed E-state index contributed by atoms with van der Waals surface area (Å²) in [5.41, 5.74) is 7.23. The van der Waals surface area contributed by atoms with E-state index in [0.717, 1.165) is 11.3 Å². The molecule has 0 saturated heterocycles. The number of aryl methyl sites for hydroxylation is 1. The zero-order chi connectivity index (χ0) is 22.6. The zero-order valence-electron chi connectivity index (χ0n) is 16.7. The van der Waals surface area contributed by atoms with E-state index in [0.29, 0.717) is 27.2 Å². The molecule has 0 bridgehead atoms. The topological polar surface area (TPSA) is 110 Å². The number of aliphatic hydroxyl groups is 1. The first-order valence-electron chi connectivity index (χ1n) is 9.63. The van der Waals surface area contributed by atoms with E-state index in [1.54, 1.807) is 37.3 Å². The second-order valence-electron chi connectivity index (χ2n) is 7.35. The summed E-state index contributed by atoms with van der Waals surface area (Å²) in [7, 11) is 0. The first kappa shape index (κ1) is 20.0. The molecule has 1 amide bonds. The van der Waals surface area contributed by atoms with Crippen molar-refractivity contribution in [1.29, 1.82) is 0 Å². The summed E-state index contributed by atoms with van der Waals surface area (Å²) in [6, 6.07) is 12.9. The molecular weight excluding hydrogens is 433 g/mol. The minimum absolute atomic E-state index is 0.00511. The average molecular weight is 449 g/mol. The minimum Gasteiger partial charge on any atom is -0.503 e. The van der Waals surface area contributed by atoms with Crippen molar-refractivity contribution in [2.75, 3.05) is 10.6 Å². The average Bonchev–Trinajstić information content (AvgIpc) is 3.44. The standard InChI is InChI=1S/C23H16FN3O4S/c1-11-2-9-16(31-11)20(28)18-19(12-3-6-14(25)7-4-12)27(22(30)21(18)29)23-26-15-8-5-13(24)10-17(15)32-23/h2-10,19,29H,25H2,1H3. The van der Waals surface area contributed by atoms with Gasteiger partial charge in [0.1, 0.15) is 11.6 Å². The number of ketones is 1. The second-order valence-corrected chi connectivity index (χ2v) is 8.36. The SMILES string of the molecule is Cc1ccc(C(=O)C2=C(O)C(=O)N(c3nc4ccc(F)cc4s3)C2c2ccc(N)cc2)o1.